The van der Waals surface area contributed by atoms with E-state index in [1.165, 1.54) is 11.1 Å². The number of nitrogens with one attached hydrogen (secondary N) is 2. The highest BCUT2D eigenvalue weighted by molar-refractivity contribution is 5.81. The Bertz CT molecular complexity index is 1000. The standard InChI is InChI=1S/C27H32N2O5/c1-17(13-25(30)31)14-28-26(32)23(18-7-6-8-18)15-29-27(33)34-16-24-21-11-4-2-9-19(21)20-10-3-5-12-22(20)24/h2-5,9-12,17-18,23-24H,6-8,13-16H2,1H3,(H,28,32)(H,29,33)(H,30,31). The minimum absolute atomic E-state index is 0.00632. The zero-order chi connectivity index (χ0) is 24.1. The van der Waals surface area contributed by atoms with Gasteiger partial charge in [0.15, 0.2) is 0 Å². The molecule has 180 valence electrons. The lowest BCUT2D eigenvalue weighted by atomic mass is 9.75. The van der Waals surface area contributed by atoms with Crippen LogP contribution in [0.2, 0.25) is 0 Å². The minimum atomic E-state index is -0.880. The summed E-state index contributed by atoms with van der Waals surface area (Å²) in [6.45, 7) is 2.54. The van der Waals surface area contributed by atoms with Crippen LogP contribution in [0, 0.1) is 17.8 Å². The molecule has 2 aliphatic carbocycles. The van der Waals surface area contributed by atoms with E-state index in [0.717, 1.165) is 30.4 Å². The maximum atomic E-state index is 12.8. The van der Waals surface area contributed by atoms with Crippen LogP contribution in [0.4, 0.5) is 4.79 Å². The zero-order valence-corrected chi connectivity index (χ0v) is 19.5. The summed E-state index contributed by atoms with van der Waals surface area (Å²) < 4.78 is 5.60. The first kappa shape index (κ1) is 23.8. The monoisotopic (exact) mass is 464 g/mol. The number of hydrogen-bond donors (Lipinski definition) is 3. The predicted octanol–water partition coefficient (Wildman–Crippen LogP) is 4.17. The predicted molar refractivity (Wildman–Crippen MR) is 128 cm³/mol. The smallest absolute Gasteiger partial charge is 0.407 e. The number of carbonyl (C=O) groups is 3. The molecule has 0 saturated heterocycles. The van der Waals surface area contributed by atoms with Crippen molar-refractivity contribution in [2.24, 2.45) is 17.8 Å². The summed E-state index contributed by atoms with van der Waals surface area (Å²) in [6.07, 6.45) is 2.46. The van der Waals surface area contributed by atoms with Crippen LogP contribution in [0.3, 0.4) is 0 Å². The summed E-state index contributed by atoms with van der Waals surface area (Å²) in [5, 5.41) is 14.6. The number of aliphatic carboxylic acids is 1. The molecule has 2 unspecified atom stereocenters. The Labute approximate surface area is 199 Å². The number of carbonyl (C=O) groups excluding carboxylic acids is 2. The average Bonchev–Trinajstić information content (AvgIpc) is 3.11. The lowest BCUT2D eigenvalue weighted by Gasteiger charge is -2.33. The third kappa shape index (κ3) is 5.41. The fraction of sp³-hybridized carbons (Fsp3) is 0.444. The largest absolute Gasteiger partial charge is 0.481 e. The molecule has 2 aromatic rings. The van der Waals surface area contributed by atoms with E-state index in [2.05, 4.69) is 34.9 Å². The van der Waals surface area contributed by atoms with Crippen molar-refractivity contribution in [1.82, 2.24) is 10.6 Å². The van der Waals surface area contributed by atoms with E-state index < -0.39 is 12.1 Å². The summed E-state index contributed by atoms with van der Waals surface area (Å²) in [6, 6.07) is 16.3. The Morgan fingerprint density at radius 1 is 0.971 bits per heavy atom. The molecular formula is C27H32N2O5. The number of hydrogen-bond acceptors (Lipinski definition) is 4. The van der Waals surface area contributed by atoms with Gasteiger partial charge in [0.1, 0.15) is 6.61 Å². The summed E-state index contributed by atoms with van der Waals surface area (Å²) in [4.78, 5) is 36.2. The molecule has 7 nitrogen and oxygen atoms in total. The van der Waals surface area contributed by atoms with Crippen molar-refractivity contribution in [3.63, 3.8) is 0 Å². The number of carboxylic acids is 1. The minimum Gasteiger partial charge on any atom is -0.481 e. The van der Waals surface area contributed by atoms with Gasteiger partial charge in [0.25, 0.3) is 0 Å². The van der Waals surface area contributed by atoms with Crippen LogP contribution in [-0.2, 0) is 14.3 Å². The Morgan fingerprint density at radius 3 is 2.15 bits per heavy atom. The lowest BCUT2D eigenvalue weighted by Crippen LogP contribution is -2.45. The number of ether oxygens (including phenoxy) is 1. The molecule has 0 heterocycles. The molecule has 2 aliphatic rings. The second-order valence-electron chi connectivity index (χ2n) is 9.45. The van der Waals surface area contributed by atoms with Crippen molar-refractivity contribution in [2.75, 3.05) is 19.7 Å². The summed E-state index contributed by atoms with van der Waals surface area (Å²) in [7, 11) is 0. The fourth-order valence-corrected chi connectivity index (χ4v) is 4.93. The van der Waals surface area contributed by atoms with Gasteiger partial charge in [-0.15, -0.1) is 0 Å². The van der Waals surface area contributed by atoms with Crippen LogP contribution in [0.25, 0.3) is 11.1 Å². The first-order valence-electron chi connectivity index (χ1n) is 12.0. The van der Waals surface area contributed by atoms with Crippen LogP contribution < -0.4 is 10.6 Å². The molecule has 0 radical (unpaired) electrons. The second-order valence-corrected chi connectivity index (χ2v) is 9.45. The van der Waals surface area contributed by atoms with Gasteiger partial charge < -0.3 is 20.5 Å². The Kier molecular flexibility index (Phi) is 7.50. The van der Waals surface area contributed by atoms with E-state index in [0.29, 0.717) is 6.54 Å². The van der Waals surface area contributed by atoms with Crippen LogP contribution in [0.15, 0.2) is 48.5 Å². The quantitative estimate of drug-likeness (QED) is 0.490. The third-order valence-electron chi connectivity index (χ3n) is 7.01. The maximum Gasteiger partial charge on any atom is 0.407 e. The number of amides is 2. The molecule has 1 saturated carbocycles. The molecular weight excluding hydrogens is 432 g/mol. The molecule has 3 N–H and O–H groups in total. The first-order chi connectivity index (χ1) is 16.4. The van der Waals surface area contributed by atoms with Gasteiger partial charge in [-0.05, 0) is 46.9 Å². The van der Waals surface area contributed by atoms with Gasteiger partial charge in [-0.25, -0.2) is 4.79 Å². The van der Waals surface area contributed by atoms with Crippen molar-refractivity contribution in [1.29, 1.82) is 0 Å². The molecule has 34 heavy (non-hydrogen) atoms. The van der Waals surface area contributed by atoms with Gasteiger partial charge in [-0.1, -0.05) is 61.9 Å². The number of fused-ring (bicyclic) bond motifs is 3. The first-order valence-corrected chi connectivity index (χ1v) is 12.0. The van der Waals surface area contributed by atoms with Crippen molar-refractivity contribution in [3.05, 3.63) is 59.7 Å². The molecule has 7 heteroatoms. The van der Waals surface area contributed by atoms with E-state index in [1.807, 2.05) is 24.3 Å². The second kappa shape index (κ2) is 10.7. The molecule has 2 amide bonds. The zero-order valence-electron chi connectivity index (χ0n) is 19.5. The number of carboxylic acid groups (broad SMARTS) is 1. The molecule has 0 spiro atoms. The van der Waals surface area contributed by atoms with E-state index in [-0.39, 0.29) is 49.2 Å². The highest BCUT2D eigenvalue weighted by Crippen LogP contribution is 2.44. The lowest BCUT2D eigenvalue weighted by molar-refractivity contribution is -0.138. The number of benzene rings is 2. The SMILES string of the molecule is CC(CNC(=O)C(CNC(=O)OCC1c2ccccc2-c2ccccc21)C1CCC1)CC(=O)O. The van der Waals surface area contributed by atoms with Gasteiger partial charge in [0, 0.05) is 25.4 Å². The van der Waals surface area contributed by atoms with Gasteiger partial charge in [0.05, 0.1) is 5.92 Å². The third-order valence-corrected chi connectivity index (χ3v) is 7.01. The van der Waals surface area contributed by atoms with Crippen molar-refractivity contribution in [3.8, 4) is 11.1 Å². The normalized spacial score (nSPS) is 16.5. The Balaban J connectivity index is 1.31. The summed E-state index contributed by atoms with van der Waals surface area (Å²) in [5.41, 5.74) is 4.65. The Morgan fingerprint density at radius 2 is 1.59 bits per heavy atom. The van der Waals surface area contributed by atoms with Gasteiger partial charge in [0.2, 0.25) is 5.91 Å². The molecule has 2 aromatic carbocycles. The molecule has 0 bridgehead atoms. The fourth-order valence-electron chi connectivity index (χ4n) is 4.93. The van der Waals surface area contributed by atoms with Crippen molar-refractivity contribution < 1.29 is 24.2 Å². The summed E-state index contributed by atoms with van der Waals surface area (Å²) in [5.74, 6) is -1.30. The highest BCUT2D eigenvalue weighted by Gasteiger charge is 2.33. The topological polar surface area (TPSA) is 105 Å². The van der Waals surface area contributed by atoms with Crippen LogP contribution in [0.1, 0.15) is 49.7 Å². The maximum absolute atomic E-state index is 12.8. The molecule has 0 aromatic heterocycles. The van der Waals surface area contributed by atoms with E-state index in [1.54, 1.807) is 6.92 Å². The van der Waals surface area contributed by atoms with Crippen molar-refractivity contribution >= 4 is 18.0 Å². The Hall–Kier alpha value is -3.35. The highest BCUT2D eigenvalue weighted by atomic mass is 16.5. The molecule has 4 rings (SSSR count). The summed E-state index contributed by atoms with van der Waals surface area (Å²) >= 11 is 0. The van der Waals surface area contributed by atoms with E-state index in [9.17, 15) is 14.4 Å². The van der Waals surface area contributed by atoms with Crippen LogP contribution in [0.5, 0.6) is 0 Å². The molecule has 0 aliphatic heterocycles. The average molecular weight is 465 g/mol. The number of rotatable bonds is 10. The van der Waals surface area contributed by atoms with Gasteiger partial charge in [-0.3, -0.25) is 9.59 Å². The molecule has 1 fully saturated rings. The van der Waals surface area contributed by atoms with Crippen LogP contribution >= 0.6 is 0 Å². The van der Waals surface area contributed by atoms with Crippen LogP contribution in [-0.4, -0.2) is 42.8 Å². The molecule has 2 atom stereocenters. The van der Waals surface area contributed by atoms with E-state index in [4.69, 9.17) is 9.84 Å². The number of alkyl carbamates (subject to hydrolysis) is 1. The van der Waals surface area contributed by atoms with E-state index >= 15 is 0 Å². The van der Waals surface area contributed by atoms with Crippen molar-refractivity contribution in [2.45, 2.75) is 38.5 Å². The van der Waals surface area contributed by atoms with Gasteiger partial charge in [-0.2, -0.15) is 0 Å². The van der Waals surface area contributed by atoms with Gasteiger partial charge >= 0.3 is 12.1 Å².